The van der Waals surface area contributed by atoms with Gasteiger partial charge in [-0.15, -0.1) is 0 Å². The quantitative estimate of drug-likeness (QED) is 0.190. The van der Waals surface area contributed by atoms with Gasteiger partial charge in [0.15, 0.2) is 17.2 Å². The molecule has 0 radical (unpaired) electrons. The van der Waals surface area contributed by atoms with E-state index in [4.69, 9.17) is 24.3 Å². The fourth-order valence-electron chi connectivity index (χ4n) is 9.04. The van der Waals surface area contributed by atoms with Crippen LogP contribution in [-0.2, 0) is 29.1 Å². The number of rotatable bonds is 9. The van der Waals surface area contributed by atoms with E-state index in [2.05, 4.69) is 15.4 Å². The maximum absolute atomic E-state index is 15.8. The third-order valence-corrected chi connectivity index (χ3v) is 14.5. The molecule has 4 amide bonds. The predicted molar refractivity (Wildman–Crippen MR) is 224 cm³/mol. The molecule has 0 spiro atoms. The molecule has 1 saturated heterocycles. The van der Waals surface area contributed by atoms with E-state index in [9.17, 15) is 27.6 Å². The first kappa shape index (κ1) is 41.6. The van der Waals surface area contributed by atoms with Crippen LogP contribution >= 0.6 is 0 Å². The number of benzene rings is 2. The summed E-state index contributed by atoms with van der Waals surface area (Å²) < 4.78 is 63.1. The molecule has 2 aliphatic heterocycles. The van der Waals surface area contributed by atoms with Crippen LogP contribution in [-0.4, -0.2) is 100 Å². The number of nitrogens with zero attached hydrogens (tertiary/aromatic N) is 4. The molecule has 16 nitrogen and oxygen atoms in total. The van der Waals surface area contributed by atoms with E-state index in [1.54, 1.807) is 18.2 Å². The molecule has 18 heteroatoms. The Kier molecular flexibility index (Phi) is 11.3. The van der Waals surface area contributed by atoms with Crippen molar-refractivity contribution in [3.63, 3.8) is 0 Å². The van der Waals surface area contributed by atoms with Crippen molar-refractivity contribution >= 4 is 50.4 Å². The standard InChI is InChI=1S/C44H50FN7O9S/c1-59-36-19-11-16-30(38(36)45)34-23-37(52-39(46-34)31-15-9-10-17-32(31)49-52)60-28-22-35-40(53)48-44(42(55)50-62(57,58)29-20-21-29)24-26(44)12-5-3-2-4-6-18-33(41(54)51(35)25-28)47-43(56)61-27-13-7-8-14-27/h5,9-12,15-17,19,23,26-29,33,35H,2-4,6-8,13-14,18,20-22,24-25H2,1H3,(H,47,56)(H,48,53)(H,50,55)/b12-5-/t26-,28-,33+,35+,44-/m1/s1. The Morgan fingerprint density at radius 2 is 1.76 bits per heavy atom. The van der Waals surface area contributed by atoms with Crippen LogP contribution in [0.1, 0.15) is 83.5 Å². The number of fused-ring (bicyclic) bond motifs is 5. The van der Waals surface area contributed by atoms with Crippen LogP contribution in [0.2, 0.25) is 0 Å². The van der Waals surface area contributed by atoms with Gasteiger partial charge in [0.25, 0.3) is 5.91 Å². The summed E-state index contributed by atoms with van der Waals surface area (Å²) >= 11 is 0. The Bertz CT molecular complexity index is 2560. The highest BCUT2D eigenvalue weighted by atomic mass is 32.2. The average Bonchev–Trinajstić information content (AvgIpc) is 4.06. The van der Waals surface area contributed by atoms with Gasteiger partial charge in [0.1, 0.15) is 29.8 Å². The molecule has 3 N–H and O–H groups in total. The maximum Gasteiger partial charge on any atom is 0.408 e. The molecule has 0 bridgehead atoms. The number of halogens is 1. The average molecular weight is 872 g/mol. The lowest BCUT2D eigenvalue weighted by Gasteiger charge is -2.30. The Morgan fingerprint density at radius 3 is 2.55 bits per heavy atom. The maximum atomic E-state index is 15.8. The molecular weight excluding hydrogens is 822 g/mol. The normalized spacial score (nSPS) is 26.5. The molecule has 0 unspecified atom stereocenters. The summed E-state index contributed by atoms with van der Waals surface area (Å²) in [4.78, 5) is 62.8. The molecule has 62 heavy (non-hydrogen) atoms. The number of methoxy groups -OCH3 is 1. The van der Waals surface area contributed by atoms with Gasteiger partial charge in [0.05, 0.1) is 30.1 Å². The number of sulfonamides is 1. The molecular formula is C44H50FN7O9S. The number of nitrogens with one attached hydrogen (secondary N) is 3. The highest BCUT2D eigenvalue weighted by Gasteiger charge is 2.62. The van der Waals surface area contributed by atoms with Crippen LogP contribution in [0, 0.1) is 11.7 Å². The van der Waals surface area contributed by atoms with Crippen molar-refractivity contribution in [3.8, 4) is 22.9 Å². The lowest BCUT2D eigenvalue weighted by molar-refractivity contribution is -0.141. The van der Waals surface area contributed by atoms with E-state index < -0.39 is 74.5 Å². The first-order valence-electron chi connectivity index (χ1n) is 21.5. The van der Waals surface area contributed by atoms with Gasteiger partial charge in [-0.1, -0.05) is 43.2 Å². The minimum absolute atomic E-state index is 0.0232. The summed E-state index contributed by atoms with van der Waals surface area (Å²) in [5, 5.41) is 10.4. The minimum atomic E-state index is -3.94. The molecule has 3 saturated carbocycles. The Balaban J connectivity index is 1.07. The topological polar surface area (TPSA) is 200 Å². The minimum Gasteiger partial charge on any atom is -0.494 e. The number of hydrogen-bond donors (Lipinski definition) is 3. The van der Waals surface area contributed by atoms with Crippen LogP contribution in [0.4, 0.5) is 9.18 Å². The van der Waals surface area contributed by atoms with Gasteiger partial charge in [-0.3, -0.25) is 19.1 Å². The van der Waals surface area contributed by atoms with Crippen molar-refractivity contribution in [2.45, 2.75) is 119 Å². The second-order valence-electron chi connectivity index (χ2n) is 17.1. The third kappa shape index (κ3) is 8.28. The van der Waals surface area contributed by atoms with Crippen molar-refractivity contribution in [3.05, 3.63) is 66.5 Å². The van der Waals surface area contributed by atoms with Gasteiger partial charge in [-0.2, -0.15) is 9.61 Å². The van der Waals surface area contributed by atoms with Crippen LogP contribution < -0.4 is 24.8 Å². The molecule has 2 aromatic heterocycles. The number of carbonyl (C=O) groups is 4. The van der Waals surface area contributed by atoms with Crippen molar-refractivity contribution in [2.75, 3.05) is 13.7 Å². The van der Waals surface area contributed by atoms with E-state index in [1.807, 2.05) is 36.4 Å². The van der Waals surface area contributed by atoms with E-state index >= 15 is 4.39 Å². The monoisotopic (exact) mass is 871 g/mol. The van der Waals surface area contributed by atoms with Crippen molar-refractivity contribution < 1.29 is 46.2 Å². The molecule has 4 fully saturated rings. The second kappa shape index (κ2) is 16.8. The first-order valence-corrected chi connectivity index (χ1v) is 23.1. The van der Waals surface area contributed by atoms with Gasteiger partial charge < -0.3 is 29.7 Å². The zero-order chi connectivity index (χ0) is 43.2. The largest absolute Gasteiger partial charge is 0.494 e. The molecule has 328 valence electrons. The molecule has 2 aromatic carbocycles. The SMILES string of the molecule is COc1cccc(-c2cc(O[C@@H]3C[C@H]4C(=O)N[C@]5(C(=O)NS(=O)(=O)C6CC6)C[C@H]5/C=C\CCCCC[C@H](NC(=O)OC5CCCC5)C(=O)N4C3)n3nc4ccccc4c3n2)c1F. The number of allylic oxidation sites excluding steroid dienone is 1. The van der Waals surface area contributed by atoms with Crippen LogP contribution in [0.5, 0.6) is 11.6 Å². The number of aromatic nitrogens is 3. The lowest BCUT2D eigenvalue weighted by atomic mass is 10.0. The summed E-state index contributed by atoms with van der Waals surface area (Å²) in [6.45, 7) is -0.112. The number of ether oxygens (including phenoxy) is 3. The smallest absolute Gasteiger partial charge is 0.408 e. The first-order chi connectivity index (χ1) is 29.9. The van der Waals surface area contributed by atoms with Crippen LogP contribution in [0.3, 0.4) is 0 Å². The van der Waals surface area contributed by atoms with E-state index in [0.29, 0.717) is 42.2 Å². The molecule has 3 aliphatic carbocycles. The van der Waals surface area contributed by atoms with Gasteiger partial charge in [0, 0.05) is 29.4 Å². The Morgan fingerprint density at radius 1 is 0.968 bits per heavy atom. The number of carbonyl (C=O) groups excluding carboxylic acids is 4. The predicted octanol–water partition coefficient (Wildman–Crippen LogP) is 5.09. The highest BCUT2D eigenvalue weighted by molar-refractivity contribution is 7.91. The second-order valence-corrected chi connectivity index (χ2v) is 19.0. The van der Waals surface area contributed by atoms with Crippen molar-refractivity contribution in [1.82, 2.24) is 34.9 Å². The summed E-state index contributed by atoms with van der Waals surface area (Å²) in [5.41, 5.74) is -0.212. The van der Waals surface area contributed by atoms with E-state index in [0.717, 1.165) is 38.5 Å². The molecule has 9 rings (SSSR count). The summed E-state index contributed by atoms with van der Waals surface area (Å²) in [5.74, 6) is -2.95. The summed E-state index contributed by atoms with van der Waals surface area (Å²) in [6.07, 6.45) is 9.43. The van der Waals surface area contributed by atoms with Crippen LogP contribution in [0.15, 0.2) is 60.7 Å². The number of amides is 4. The van der Waals surface area contributed by atoms with Gasteiger partial charge in [0.2, 0.25) is 27.7 Å². The Hall–Kier alpha value is -5.78. The lowest BCUT2D eigenvalue weighted by Crippen LogP contribution is -2.58. The van der Waals surface area contributed by atoms with Crippen molar-refractivity contribution in [1.29, 1.82) is 0 Å². The zero-order valence-corrected chi connectivity index (χ0v) is 35.2. The third-order valence-electron chi connectivity index (χ3n) is 12.7. The Labute approximate surface area is 358 Å². The number of alkyl carbamates (subject to hydrolysis) is 1. The van der Waals surface area contributed by atoms with Gasteiger partial charge >= 0.3 is 6.09 Å². The van der Waals surface area contributed by atoms with Gasteiger partial charge in [-0.05, 0) is 88.5 Å². The molecule has 5 atom stereocenters. The van der Waals surface area contributed by atoms with E-state index in [-0.39, 0.29) is 54.8 Å². The van der Waals surface area contributed by atoms with Gasteiger partial charge in [-0.25, -0.2) is 22.6 Å². The molecule has 4 heterocycles. The fraction of sp³-hybridized carbons (Fsp3) is 0.500. The fourth-order valence-corrected chi connectivity index (χ4v) is 10.4. The summed E-state index contributed by atoms with van der Waals surface area (Å²) in [6, 6.07) is 11.3. The number of hydrogen-bond acceptors (Lipinski definition) is 11. The van der Waals surface area contributed by atoms with Crippen molar-refractivity contribution in [2.24, 2.45) is 5.92 Å². The van der Waals surface area contributed by atoms with Crippen LogP contribution in [0.25, 0.3) is 27.8 Å². The molecule has 4 aromatic rings. The highest BCUT2D eigenvalue weighted by Crippen LogP contribution is 2.46. The molecule has 5 aliphatic rings. The summed E-state index contributed by atoms with van der Waals surface area (Å²) in [7, 11) is -2.57. The zero-order valence-electron chi connectivity index (χ0n) is 34.4. The van der Waals surface area contributed by atoms with E-state index in [1.165, 1.54) is 22.6 Å².